The predicted molar refractivity (Wildman–Crippen MR) is 78.9 cm³/mol. The van der Waals surface area contributed by atoms with Gasteiger partial charge in [-0.3, -0.25) is 14.9 Å². The van der Waals surface area contributed by atoms with E-state index in [1.807, 2.05) is 20.8 Å². The van der Waals surface area contributed by atoms with Crippen molar-refractivity contribution >= 4 is 17.3 Å². The lowest BCUT2D eigenvalue weighted by Crippen LogP contribution is -2.30. The molecule has 1 amide bonds. The molecule has 6 nitrogen and oxygen atoms in total. The molecule has 2 N–H and O–H groups in total. The van der Waals surface area contributed by atoms with E-state index in [0.717, 1.165) is 17.7 Å². The molecule has 0 saturated carbocycles. The van der Waals surface area contributed by atoms with Gasteiger partial charge in [0.25, 0.3) is 5.69 Å². The molecule has 0 heterocycles. The molecular formula is C14H21N3O3. The standard InChI is InChI=1S/C14H21N3O3/c1-5-15-8-11(4)14(18)16-12-6-9(2)10(3)7-13(12)17(19)20/h6-7,11,15H,5,8H2,1-4H3,(H,16,18). The van der Waals surface area contributed by atoms with Crippen molar-refractivity contribution in [3.63, 3.8) is 0 Å². The first kappa shape index (κ1) is 16.1. The highest BCUT2D eigenvalue weighted by Gasteiger charge is 2.20. The topological polar surface area (TPSA) is 84.3 Å². The predicted octanol–water partition coefficient (Wildman–Crippen LogP) is 2.40. The summed E-state index contributed by atoms with van der Waals surface area (Å²) in [5, 5.41) is 16.8. The van der Waals surface area contributed by atoms with Crippen LogP contribution in [-0.2, 0) is 4.79 Å². The Kier molecular flexibility index (Phi) is 5.64. The van der Waals surface area contributed by atoms with Gasteiger partial charge in [-0.15, -0.1) is 0 Å². The Morgan fingerprint density at radius 1 is 1.35 bits per heavy atom. The molecular weight excluding hydrogens is 258 g/mol. The third-order valence-corrected chi connectivity index (χ3v) is 3.21. The highest BCUT2D eigenvalue weighted by Crippen LogP contribution is 2.28. The van der Waals surface area contributed by atoms with E-state index < -0.39 is 4.92 Å². The number of nitrogens with zero attached hydrogens (tertiary/aromatic N) is 1. The molecule has 0 aliphatic carbocycles. The number of carbonyl (C=O) groups excluding carboxylic acids is 1. The van der Waals surface area contributed by atoms with Crippen LogP contribution in [0.2, 0.25) is 0 Å². The molecule has 0 aliphatic rings. The molecule has 1 unspecified atom stereocenters. The molecule has 0 fully saturated rings. The van der Waals surface area contributed by atoms with Gasteiger partial charge in [-0.2, -0.15) is 0 Å². The van der Waals surface area contributed by atoms with Crippen molar-refractivity contribution in [1.29, 1.82) is 0 Å². The average Bonchev–Trinajstić information content (AvgIpc) is 2.39. The summed E-state index contributed by atoms with van der Waals surface area (Å²) in [7, 11) is 0. The summed E-state index contributed by atoms with van der Waals surface area (Å²) in [6, 6.07) is 3.13. The average molecular weight is 279 g/mol. The van der Waals surface area contributed by atoms with Gasteiger partial charge in [0, 0.05) is 18.5 Å². The van der Waals surface area contributed by atoms with E-state index in [0.29, 0.717) is 6.54 Å². The van der Waals surface area contributed by atoms with Gasteiger partial charge in [-0.05, 0) is 37.6 Å². The monoisotopic (exact) mass is 279 g/mol. The van der Waals surface area contributed by atoms with Crippen LogP contribution in [0.15, 0.2) is 12.1 Å². The van der Waals surface area contributed by atoms with Crippen LogP contribution in [0.3, 0.4) is 0 Å². The normalized spacial score (nSPS) is 12.0. The van der Waals surface area contributed by atoms with Crippen LogP contribution >= 0.6 is 0 Å². The summed E-state index contributed by atoms with van der Waals surface area (Å²) in [4.78, 5) is 22.6. The molecule has 0 spiro atoms. The number of nitro benzene ring substituents is 1. The van der Waals surface area contributed by atoms with Gasteiger partial charge in [-0.1, -0.05) is 13.8 Å². The van der Waals surface area contributed by atoms with E-state index in [-0.39, 0.29) is 23.2 Å². The van der Waals surface area contributed by atoms with Gasteiger partial charge in [-0.25, -0.2) is 0 Å². The molecule has 110 valence electrons. The third-order valence-electron chi connectivity index (χ3n) is 3.21. The number of nitro groups is 1. The summed E-state index contributed by atoms with van der Waals surface area (Å²) >= 11 is 0. The number of rotatable bonds is 6. The second-order valence-corrected chi connectivity index (χ2v) is 4.91. The van der Waals surface area contributed by atoms with E-state index in [4.69, 9.17) is 0 Å². The molecule has 1 aromatic rings. The number of hydrogen-bond donors (Lipinski definition) is 2. The number of carbonyl (C=O) groups is 1. The lowest BCUT2D eigenvalue weighted by molar-refractivity contribution is -0.384. The first-order valence-electron chi connectivity index (χ1n) is 6.64. The number of anilines is 1. The summed E-state index contributed by atoms with van der Waals surface area (Å²) in [5.41, 5.74) is 1.92. The highest BCUT2D eigenvalue weighted by molar-refractivity contribution is 5.94. The molecule has 0 saturated heterocycles. The SMILES string of the molecule is CCNCC(C)C(=O)Nc1cc(C)c(C)cc1[N+](=O)[O-]. The Balaban J connectivity index is 2.93. The molecule has 0 aromatic heterocycles. The summed E-state index contributed by atoms with van der Waals surface area (Å²) in [5.74, 6) is -0.478. The van der Waals surface area contributed by atoms with Gasteiger partial charge in [0.1, 0.15) is 5.69 Å². The Morgan fingerprint density at radius 3 is 2.50 bits per heavy atom. The van der Waals surface area contributed by atoms with Crippen LogP contribution in [0.1, 0.15) is 25.0 Å². The minimum atomic E-state index is -0.475. The van der Waals surface area contributed by atoms with E-state index in [9.17, 15) is 14.9 Å². The minimum absolute atomic E-state index is 0.0721. The largest absolute Gasteiger partial charge is 0.320 e. The van der Waals surface area contributed by atoms with Crippen LogP contribution in [0.5, 0.6) is 0 Å². The van der Waals surface area contributed by atoms with Crippen molar-refractivity contribution in [2.75, 3.05) is 18.4 Å². The van der Waals surface area contributed by atoms with E-state index in [2.05, 4.69) is 10.6 Å². The number of aryl methyl sites for hydroxylation is 2. The highest BCUT2D eigenvalue weighted by atomic mass is 16.6. The zero-order valence-corrected chi connectivity index (χ0v) is 12.3. The van der Waals surface area contributed by atoms with Crippen LogP contribution in [0, 0.1) is 29.9 Å². The van der Waals surface area contributed by atoms with Crippen molar-refractivity contribution in [3.8, 4) is 0 Å². The summed E-state index contributed by atoms with van der Waals surface area (Å²) in [6.45, 7) is 8.73. The van der Waals surface area contributed by atoms with Crippen molar-refractivity contribution in [3.05, 3.63) is 33.4 Å². The van der Waals surface area contributed by atoms with Crippen molar-refractivity contribution in [1.82, 2.24) is 5.32 Å². The fourth-order valence-electron chi connectivity index (χ4n) is 1.76. The molecule has 6 heteroatoms. The van der Waals surface area contributed by atoms with Crippen LogP contribution in [0.4, 0.5) is 11.4 Å². The van der Waals surface area contributed by atoms with Crippen LogP contribution < -0.4 is 10.6 Å². The zero-order chi connectivity index (χ0) is 15.3. The smallest absolute Gasteiger partial charge is 0.293 e. The molecule has 1 aromatic carbocycles. The first-order chi connectivity index (χ1) is 9.36. The second kappa shape index (κ2) is 7.00. The van der Waals surface area contributed by atoms with Gasteiger partial charge < -0.3 is 10.6 Å². The van der Waals surface area contributed by atoms with Gasteiger partial charge in [0.05, 0.1) is 4.92 Å². The lowest BCUT2D eigenvalue weighted by atomic mass is 10.1. The molecule has 0 radical (unpaired) electrons. The van der Waals surface area contributed by atoms with Crippen molar-refractivity contribution < 1.29 is 9.72 Å². The maximum Gasteiger partial charge on any atom is 0.293 e. The Morgan fingerprint density at radius 2 is 1.95 bits per heavy atom. The quantitative estimate of drug-likeness (QED) is 0.618. The fourth-order valence-corrected chi connectivity index (χ4v) is 1.76. The maximum atomic E-state index is 12.0. The zero-order valence-electron chi connectivity index (χ0n) is 12.3. The molecule has 0 aliphatic heterocycles. The van der Waals surface area contributed by atoms with Crippen LogP contribution in [-0.4, -0.2) is 23.9 Å². The van der Waals surface area contributed by atoms with Gasteiger partial charge >= 0.3 is 0 Å². The number of benzene rings is 1. The lowest BCUT2D eigenvalue weighted by Gasteiger charge is -2.13. The number of amides is 1. The van der Waals surface area contributed by atoms with Gasteiger partial charge in [0.2, 0.25) is 5.91 Å². The number of hydrogen-bond acceptors (Lipinski definition) is 4. The Bertz CT molecular complexity index is 515. The Labute approximate surface area is 118 Å². The van der Waals surface area contributed by atoms with E-state index in [1.54, 1.807) is 13.0 Å². The first-order valence-corrected chi connectivity index (χ1v) is 6.64. The van der Waals surface area contributed by atoms with E-state index >= 15 is 0 Å². The molecule has 1 rings (SSSR count). The molecule has 0 bridgehead atoms. The fraction of sp³-hybridized carbons (Fsp3) is 0.500. The molecule has 20 heavy (non-hydrogen) atoms. The summed E-state index contributed by atoms with van der Waals surface area (Å²) < 4.78 is 0. The van der Waals surface area contributed by atoms with Crippen molar-refractivity contribution in [2.24, 2.45) is 5.92 Å². The second-order valence-electron chi connectivity index (χ2n) is 4.91. The van der Waals surface area contributed by atoms with E-state index in [1.165, 1.54) is 6.07 Å². The maximum absolute atomic E-state index is 12.0. The van der Waals surface area contributed by atoms with Gasteiger partial charge in [0.15, 0.2) is 0 Å². The minimum Gasteiger partial charge on any atom is -0.320 e. The Hall–Kier alpha value is -1.95. The third kappa shape index (κ3) is 4.03. The number of nitrogens with one attached hydrogen (secondary N) is 2. The van der Waals surface area contributed by atoms with Crippen molar-refractivity contribution in [2.45, 2.75) is 27.7 Å². The van der Waals surface area contributed by atoms with Crippen LogP contribution in [0.25, 0.3) is 0 Å². The molecule has 1 atom stereocenters. The summed E-state index contributed by atoms with van der Waals surface area (Å²) in [6.07, 6.45) is 0.